The van der Waals surface area contributed by atoms with Crippen LogP contribution >= 0.6 is 0 Å². The molecule has 1 aliphatic rings. The molecule has 2 atom stereocenters. The topological polar surface area (TPSA) is 134 Å². The third-order valence-electron chi connectivity index (χ3n) is 4.98. The second-order valence-corrected chi connectivity index (χ2v) is 9.02. The van der Waals surface area contributed by atoms with Gasteiger partial charge in [-0.3, -0.25) is 0 Å². The number of ether oxygens (including phenoxy) is 2. The van der Waals surface area contributed by atoms with Crippen molar-refractivity contribution < 1.29 is 33.8 Å². The predicted octanol–water partition coefficient (Wildman–Crippen LogP) is 2.31. The van der Waals surface area contributed by atoms with Crippen LogP contribution in [0.15, 0.2) is 30.3 Å². The molecule has 0 aromatic heterocycles. The van der Waals surface area contributed by atoms with E-state index >= 15 is 0 Å². The Kier molecular flexibility index (Phi) is 9.07. The van der Waals surface area contributed by atoms with Crippen LogP contribution < -0.4 is 10.6 Å². The maximum atomic E-state index is 12.6. The van der Waals surface area contributed by atoms with Gasteiger partial charge in [-0.2, -0.15) is 0 Å². The van der Waals surface area contributed by atoms with E-state index in [1.54, 1.807) is 32.9 Å². The zero-order valence-corrected chi connectivity index (χ0v) is 19.5. The number of nitrogens with one attached hydrogen (secondary N) is 2. The first-order valence-corrected chi connectivity index (χ1v) is 11.0. The van der Waals surface area contributed by atoms with E-state index in [4.69, 9.17) is 9.47 Å². The van der Waals surface area contributed by atoms with Crippen LogP contribution in [-0.2, 0) is 25.5 Å². The molecule has 3 N–H and O–H groups in total. The Morgan fingerprint density at radius 1 is 1.09 bits per heavy atom. The number of urea groups is 1. The van der Waals surface area contributed by atoms with Crippen LogP contribution in [0.25, 0.3) is 0 Å². The normalized spacial score (nSPS) is 16.3. The number of carbonyl (C=O) groups excluding carboxylic acids is 3. The maximum Gasteiger partial charge on any atom is 0.408 e. The lowest BCUT2D eigenvalue weighted by atomic mass is 10.1. The highest BCUT2D eigenvalue weighted by atomic mass is 16.6. The first-order chi connectivity index (χ1) is 15.4. The molecule has 1 aliphatic heterocycles. The number of hydrogen-bond acceptors (Lipinski definition) is 6. The lowest BCUT2D eigenvalue weighted by molar-refractivity contribution is -0.153. The Bertz CT molecular complexity index is 830. The number of carboxylic acids is 1. The number of rotatable bonds is 7. The Hall–Kier alpha value is -3.30. The third kappa shape index (κ3) is 8.99. The summed E-state index contributed by atoms with van der Waals surface area (Å²) in [6.45, 7) is 7.30. The number of esters is 1. The molecule has 0 radical (unpaired) electrons. The molecule has 10 nitrogen and oxygen atoms in total. The van der Waals surface area contributed by atoms with Gasteiger partial charge in [0.1, 0.15) is 23.8 Å². The SMILES string of the molecule is C[C@H](NC(=O)OC(C)(C)C)C(=O)OC1CCN(C(=O)N[C@@H](Cc2ccccc2)C(=O)O)CC1. The molecule has 1 heterocycles. The summed E-state index contributed by atoms with van der Waals surface area (Å²) in [5, 5.41) is 14.5. The number of alkyl carbamates (subject to hydrolysis) is 1. The number of nitrogens with zero attached hydrogens (tertiary/aromatic N) is 1. The number of amides is 3. The van der Waals surface area contributed by atoms with Crippen molar-refractivity contribution in [3.8, 4) is 0 Å². The molecule has 0 bridgehead atoms. The van der Waals surface area contributed by atoms with E-state index in [-0.39, 0.29) is 6.42 Å². The predicted molar refractivity (Wildman–Crippen MR) is 120 cm³/mol. The fraction of sp³-hybridized carbons (Fsp3) is 0.565. The van der Waals surface area contributed by atoms with Gasteiger partial charge in [0.2, 0.25) is 0 Å². The highest BCUT2D eigenvalue weighted by Gasteiger charge is 2.30. The molecule has 182 valence electrons. The van der Waals surface area contributed by atoms with E-state index in [1.807, 2.05) is 18.2 Å². The zero-order chi connectivity index (χ0) is 24.6. The van der Waals surface area contributed by atoms with E-state index in [1.165, 1.54) is 11.8 Å². The summed E-state index contributed by atoms with van der Waals surface area (Å²) in [7, 11) is 0. The van der Waals surface area contributed by atoms with Gasteiger partial charge in [0.25, 0.3) is 0 Å². The van der Waals surface area contributed by atoms with Gasteiger partial charge in [-0.1, -0.05) is 30.3 Å². The maximum absolute atomic E-state index is 12.6. The Morgan fingerprint density at radius 3 is 2.24 bits per heavy atom. The average Bonchev–Trinajstić information content (AvgIpc) is 2.72. The summed E-state index contributed by atoms with van der Waals surface area (Å²) in [5.41, 5.74) is 0.131. The second-order valence-electron chi connectivity index (χ2n) is 9.02. The van der Waals surface area contributed by atoms with Crippen LogP contribution in [0.3, 0.4) is 0 Å². The zero-order valence-electron chi connectivity index (χ0n) is 19.5. The van der Waals surface area contributed by atoms with Crippen LogP contribution in [0, 0.1) is 0 Å². The highest BCUT2D eigenvalue weighted by molar-refractivity contribution is 5.83. The van der Waals surface area contributed by atoms with E-state index in [2.05, 4.69) is 10.6 Å². The molecule has 0 spiro atoms. The van der Waals surface area contributed by atoms with Crippen LogP contribution in [-0.4, -0.2) is 70.9 Å². The number of carbonyl (C=O) groups is 4. The summed E-state index contributed by atoms with van der Waals surface area (Å²) >= 11 is 0. The number of likely N-dealkylation sites (tertiary alicyclic amines) is 1. The average molecular weight is 464 g/mol. The largest absolute Gasteiger partial charge is 0.480 e. The van der Waals surface area contributed by atoms with Crippen LogP contribution in [0.4, 0.5) is 9.59 Å². The monoisotopic (exact) mass is 463 g/mol. The minimum atomic E-state index is -1.11. The number of hydrogen-bond donors (Lipinski definition) is 3. The van der Waals surface area contributed by atoms with Crippen molar-refractivity contribution in [1.82, 2.24) is 15.5 Å². The molecular formula is C23H33N3O7. The van der Waals surface area contributed by atoms with Crippen molar-refractivity contribution in [2.45, 2.75) is 70.7 Å². The van der Waals surface area contributed by atoms with Crippen molar-refractivity contribution in [2.75, 3.05) is 13.1 Å². The van der Waals surface area contributed by atoms with Gasteiger partial charge in [-0.05, 0) is 33.3 Å². The number of piperidine rings is 1. The molecule has 1 aromatic carbocycles. The number of benzene rings is 1. The van der Waals surface area contributed by atoms with Crippen molar-refractivity contribution in [3.05, 3.63) is 35.9 Å². The molecule has 2 rings (SSSR count). The molecule has 3 amide bonds. The number of carboxylic acid groups (broad SMARTS) is 1. The van der Waals surface area contributed by atoms with Crippen LogP contribution in [0.1, 0.15) is 46.1 Å². The van der Waals surface area contributed by atoms with Crippen molar-refractivity contribution in [1.29, 1.82) is 0 Å². The first-order valence-electron chi connectivity index (χ1n) is 11.0. The Labute approximate surface area is 193 Å². The third-order valence-corrected chi connectivity index (χ3v) is 4.98. The summed E-state index contributed by atoms with van der Waals surface area (Å²) in [6, 6.07) is 6.68. The first kappa shape index (κ1) is 26.0. The lowest BCUT2D eigenvalue weighted by Gasteiger charge is -2.33. The van der Waals surface area contributed by atoms with Crippen molar-refractivity contribution in [3.63, 3.8) is 0 Å². The fourth-order valence-electron chi connectivity index (χ4n) is 3.28. The quantitative estimate of drug-likeness (QED) is 0.528. The van der Waals surface area contributed by atoms with E-state index in [0.717, 1.165) is 5.56 Å². The van der Waals surface area contributed by atoms with E-state index in [9.17, 15) is 24.3 Å². The molecule has 1 saturated heterocycles. The summed E-state index contributed by atoms with van der Waals surface area (Å²) in [5.74, 6) is -1.69. The van der Waals surface area contributed by atoms with Gasteiger partial charge in [-0.15, -0.1) is 0 Å². The molecule has 33 heavy (non-hydrogen) atoms. The summed E-state index contributed by atoms with van der Waals surface area (Å²) in [4.78, 5) is 49.7. The molecular weight excluding hydrogens is 430 g/mol. The molecule has 10 heteroatoms. The van der Waals surface area contributed by atoms with Gasteiger partial charge in [0.15, 0.2) is 0 Å². The van der Waals surface area contributed by atoms with Crippen molar-refractivity contribution >= 4 is 24.1 Å². The lowest BCUT2D eigenvalue weighted by Crippen LogP contribution is -2.52. The molecule has 0 aliphatic carbocycles. The Balaban J connectivity index is 1.78. The van der Waals surface area contributed by atoms with Crippen LogP contribution in [0.2, 0.25) is 0 Å². The van der Waals surface area contributed by atoms with E-state index < -0.39 is 47.9 Å². The highest BCUT2D eigenvalue weighted by Crippen LogP contribution is 2.15. The van der Waals surface area contributed by atoms with Gasteiger partial charge >= 0.3 is 24.1 Å². The second kappa shape index (κ2) is 11.5. The fourth-order valence-corrected chi connectivity index (χ4v) is 3.28. The molecule has 1 aromatic rings. The summed E-state index contributed by atoms with van der Waals surface area (Å²) in [6.07, 6.45) is -0.104. The van der Waals surface area contributed by atoms with E-state index in [0.29, 0.717) is 25.9 Å². The van der Waals surface area contributed by atoms with Gasteiger partial charge in [0.05, 0.1) is 0 Å². The van der Waals surface area contributed by atoms with Gasteiger partial charge < -0.3 is 30.1 Å². The molecule has 0 saturated carbocycles. The minimum absolute atomic E-state index is 0.179. The Morgan fingerprint density at radius 2 is 1.70 bits per heavy atom. The van der Waals surface area contributed by atoms with Gasteiger partial charge in [-0.25, -0.2) is 19.2 Å². The number of aliphatic carboxylic acids is 1. The molecule has 0 unspecified atom stereocenters. The molecule has 1 fully saturated rings. The minimum Gasteiger partial charge on any atom is -0.480 e. The van der Waals surface area contributed by atoms with Crippen LogP contribution in [0.5, 0.6) is 0 Å². The summed E-state index contributed by atoms with van der Waals surface area (Å²) < 4.78 is 10.6. The van der Waals surface area contributed by atoms with Gasteiger partial charge in [0, 0.05) is 32.4 Å². The standard InChI is InChI=1S/C23H33N3O7/c1-15(24-22(31)33-23(2,3)4)20(29)32-17-10-12-26(13-11-17)21(30)25-18(19(27)28)14-16-8-6-5-7-9-16/h5-9,15,17-18H,10-14H2,1-4H3,(H,24,31)(H,25,30)(H,27,28)/t15-,18-/m0/s1. The smallest absolute Gasteiger partial charge is 0.408 e. The van der Waals surface area contributed by atoms with Crippen molar-refractivity contribution in [2.24, 2.45) is 0 Å².